The molecule has 0 heterocycles. The Labute approximate surface area is 114 Å². The van der Waals surface area contributed by atoms with E-state index in [-0.39, 0.29) is 0 Å². The van der Waals surface area contributed by atoms with Crippen molar-refractivity contribution < 1.29 is 16.8 Å². The molecule has 0 saturated heterocycles. The molecule has 2 N–H and O–H groups in total. The Kier molecular flexibility index (Phi) is 5.33. The lowest BCUT2D eigenvalue weighted by Gasteiger charge is -2.06. The molecule has 0 aliphatic carbocycles. The van der Waals surface area contributed by atoms with Gasteiger partial charge >= 0.3 is 0 Å². The molecule has 0 atom stereocenters. The van der Waals surface area contributed by atoms with Crippen molar-refractivity contribution in [2.45, 2.75) is 12.8 Å². The topological polar surface area (TPSA) is 92.3 Å². The standard InChI is InChI=1S/C11H18N2O4S2/c1-18(14,15)12-9-3-4-10-5-7-11(8-6-10)13-19(2,16)17/h5-8,12-13H,3-4,9H2,1-2H3. The van der Waals surface area contributed by atoms with Crippen molar-refractivity contribution in [1.82, 2.24) is 4.72 Å². The monoisotopic (exact) mass is 306 g/mol. The maximum atomic E-state index is 11.0. The largest absolute Gasteiger partial charge is 0.284 e. The summed E-state index contributed by atoms with van der Waals surface area (Å²) in [6.07, 6.45) is 3.63. The van der Waals surface area contributed by atoms with Gasteiger partial charge < -0.3 is 0 Å². The Morgan fingerprint density at radius 2 is 1.53 bits per heavy atom. The van der Waals surface area contributed by atoms with Crippen LogP contribution in [-0.2, 0) is 26.5 Å². The highest BCUT2D eigenvalue weighted by Crippen LogP contribution is 2.12. The third-order valence-electron chi connectivity index (χ3n) is 2.26. The maximum absolute atomic E-state index is 11.0. The number of sulfonamides is 2. The Balaban J connectivity index is 2.45. The summed E-state index contributed by atoms with van der Waals surface area (Å²) in [5.41, 5.74) is 1.54. The molecule has 0 spiro atoms. The van der Waals surface area contributed by atoms with Crippen molar-refractivity contribution in [1.29, 1.82) is 0 Å². The van der Waals surface area contributed by atoms with E-state index in [4.69, 9.17) is 0 Å². The van der Waals surface area contributed by atoms with Crippen LogP contribution < -0.4 is 9.44 Å². The fourth-order valence-corrected chi connectivity index (χ4v) is 2.58. The summed E-state index contributed by atoms with van der Waals surface area (Å²) in [6, 6.07) is 6.99. The number of hydrogen-bond donors (Lipinski definition) is 2. The van der Waals surface area contributed by atoms with Crippen LogP contribution in [0.4, 0.5) is 5.69 Å². The van der Waals surface area contributed by atoms with Gasteiger partial charge in [0.15, 0.2) is 0 Å². The zero-order valence-electron chi connectivity index (χ0n) is 10.9. The van der Waals surface area contributed by atoms with E-state index in [1.165, 1.54) is 0 Å². The number of benzene rings is 1. The summed E-state index contributed by atoms with van der Waals surface area (Å²) >= 11 is 0. The summed E-state index contributed by atoms with van der Waals surface area (Å²) in [4.78, 5) is 0. The molecule has 0 aliphatic rings. The van der Waals surface area contributed by atoms with Crippen LogP contribution in [-0.4, -0.2) is 35.9 Å². The van der Waals surface area contributed by atoms with E-state index in [2.05, 4.69) is 9.44 Å². The molecule has 8 heteroatoms. The van der Waals surface area contributed by atoms with Gasteiger partial charge in [0.05, 0.1) is 12.5 Å². The van der Waals surface area contributed by atoms with Gasteiger partial charge in [0.25, 0.3) is 0 Å². The van der Waals surface area contributed by atoms with E-state index >= 15 is 0 Å². The molecule has 1 rings (SSSR count). The highest BCUT2D eigenvalue weighted by molar-refractivity contribution is 7.92. The maximum Gasteiger partial charge on any atom is 0.229 e. The molecule has 1 aromatic carbocycles. The zero-order chi connectivity index (χ0) is 14.5. The van der Waals surface area contributed by atoms with E-state index in [0.717, 1.165) is 24.5 Å². The van der Waals surface area contributed by atoms with Crippen LogP contribution in [0.5, 0.6) is 0 Å². The molecule has 0 saturated carbocycles. The second-order valence-corrected chi connectivity index (χ2v) is 7.92. The second-order valence-electron chi connectivity index (χ2n) is 4.34. The predicted octanol–water partition coefficient (Wildman–Crippen LogP) is 0.540. The summed E-state index contributed by atoms with van der Waals surface area (Å²) in [5, 5.41) is 0. The van der Waals surface area contributed by atoms with Crippen LogP contribution in [0.2, 0.25) is 0 Å². The predicted molar refractivity (Wildman–Crippen MR) is 76.1 cm³/mol. The van der Waals surface area contributed by atoms with Gasteiger partial charge in [0, 0.05) is 12.2 Å². The summed E-state index contributed by atoms with van der Waals surface area (Å²) in [6.45, 7) is 0.391. The van der Waals surface area contributed by atoms with Crippen molar-refractivity contribution in [2.75, 3.05) is 23.8 Å². The molecule has 0 radical (unpaired) electrons. The smallest absolute Gasteiger partial charge is 0.229 e. The molecule has 108 valence electrons. The van der Waals surface area contributed by atoms with Crippen molar-refractivity contribution in [3.05, 3.63) is 29.8 Å². The molecule has 0 fully saturated rings. The first kappa shape index (κ1) is 15.9. The number of hydrogen-bond acceptors (Lipinski definition) is 4. The molecule has 19 heavy (non-hydrogen) atoms. The minimum Gasteiger partial charge on any atom is -0.284 e. The van der Waals surface area contributed by atoms with Crippen LogP contribution in [0.1, 0.15) is 12.0 Å². The van der Waals surface area contributed by atoms with Gasteiger partial charge in [-0.15, -0.1) is 0 Å². The van der Waals surface area contributed by atoms with Crippen LogP contribution >= 0.6 is 0 Å². The van der Waals surface area contributed by atoms with Crippen LogP contribution in [0.3, 0.4) is 0 Å². The molecule has 0 bridgehead atoms. The van der Waals surface area contributed by atoms with Crippen LogP contribution in [0, 0.1) is 0 Å². The lowest BCUT2D eigenvalue weighted by Crippen LogP contribution is -2.23. The number of nitrogens with one attached hydrogen (secondary N) is 2. The van der Waals surface area contributed by atoms with Crippen molar-refractivity contribution >= 4 is 25.7 Å². The third kappa shape index (κ3) is 7.81. The normalized spacial score (nSPS) is 12.3. The first-order valence-corrected chi connectivity index (χ1v) is 9.45. The van der Waals surface area contributed by atoms with E-state index in [1.54, 1.807) is 12.1 Å². The fourth-order valence-electron chi connectivity index (χ4n) is 1.50. The van der Waals surface area contributed by atoms with E-state index in [9.17, 15) is 16.8 Å². The van der Waals surface area contributed by atoms with Crippen molar-refractivity contribution in [3.63, 3.8) is 0 Å². The van der Waals surface area contributed by atoms with Crippen molar-refractivity contribution in [3.8, 4) is 0 Å². The number of anilines is 1. The molecule has 0 unspecified atom stereocenters. The fraction of sp³-hybridized carbons (Fsp3) is 0.455. The van der Waals surface area contributed by atoms with Crippen LogP contribution in [0.25, 0.3) is 0 Å². The Hall–Kier alpha value is -1.12. The summed E-state index contributed by atoms with van der Waals surface area (Å²) in [5.74, 6) is 0. The summed E-state index contributed by atoms with van der Waals surface area (Å²) < 4.78 is 48.5. The minimum absolute atomic E-state index is 0.391. The van der Waals surface area contributed by atoms with Gasteiger partial charge in [0.2, 0.25) is 20.0 Å². The average Bonchev–Trinajstić information content (AvgIpc) is 2.23. The van der Waals surface area contributed by atoms with Gasteiger partial charge in [-0.1, -0.05) is 12.1 Å². The Morgan fingerprint density at radius 1 is 0.947 bits per heavy atom. The molecule has 6 nitrogen and oxygen atoms in total. The second kappa shape index (κ2) is 6.36. The van der Waals surface area contributed by atoms with Crippen molar-refractivity contribution in [2.24, 2.45) is 0 Å². The van der Waals surface area contributed by atoms with Gasteiger partial charge in [-0.2, -0.15) is 0 Å². The van der Waals surface area contributed by atoms with Gasteiger partial charge in [-0.25, -0.2) is 21.6 Å². The zero-order valence-corrected chi connectivity index (χ0v) is 12.5. The molecule has 0 aromatic heterocycles. The average molecular weight is 306 g/mol. The molecule has 1 aromatic rings. The van der Waals surface area contributed by atoms with Gasteiger partial charge in [0.1, 0.15) is 0 Å². The minimum atomic E-state index is -3.25. The Morgan fingerprint density at radius 3 is 2.00 bits per heavy atom. The molecular weight excluding hydrogens is 288 g/mol. The number of rotatable bonds is 7. The highest BCUT2D eigenvalue weighted by atomic mass is 32.2. The highest BCUT2D eigenvalue weighted by Gasteiger charge is 2.02. The third-order valence-corrected chi connectivity index (χ3v) is 3.60. The number of aryl methyl sites for hydroxylation is 1. The van der Waals surface area contributed by atoms with E-state index in [0.29, 0.717) is 18.7 Å². The first-order valence-electron chi connectivity index (χ1n) is 5.67. The molecule has 0 aliphatic heterocycles. The van der Waals surface area contributed by atoms with E-state index in [1.807, 2.05) is 12.1 Å². The molecular formula is C11H18N2O4S2. The van der Waals surface area contributed by atoms with E-state index < -0.39 is 20.0 Å². The Bertz CT molecular complexity index is 607. The lowest BCUT2D eigenvalue weighted by molar-refractivity contribution is 0.585. The lowest BCUT2D eigenvalue weighted by atomic mass is 10.1. The first-order chi connectivity index (χ1) is 8.66. The SMILES string of the molecule is CS(=O)(=O)NCCCc1ccc(NS(C)(=O)=O)cc1. The van der Waals surface area contributed by atoms with Crippen LogP contribution in [0.15, 0.2) is 24.3 Å². The quantitative estimate of drug-likeness (QED) is 0.719. The summed E-state index contributed by atoms with van der Waals surface area (Å²) in [7, 11) is -6.39. The van der Waals surface area contributed by atoms with Gasteiger partial charge in [-0.05, 0) is 30.5 Å². The molecule has 0 amide bonds. The van der Waals surface area contributed by atoms with Gasteiger partial charge in [-0.3, -0.25) is 4.72 Å².